The predicted molar refractivity (Wildman–Crippen MR) is 67.9 cm³/mol. The third-order valence-corrected chi connectivity index (χ3v) is 3.19. The molecular formula is C11H10ClN3O4. The van der Waals surface area contributed by atoms with Crippen molar-refractivity contribution in [3.8, 4) is 0 Å². The van der Waals surface area contributed by atoms with Crippen LogP contribution in [0.4, 0.5) is 11.4 Å². The van der Waals surface area contributed by atoms with Crippen molar-refractivity contribution in [1.29, 1.82) is 0 Å². The number of rotatable bonds is 3. The topological polar surface area (TPSA) is 92.6 Å². The van der Waals surface area contributed by atoms with E-state index in [1.807, 2.05) is 0 Å². The number of imide groups is 1. The van der Waals surface area contributed by atoms with Crippen LogP contribution in [-0.4, -0.2) is 34.7 Å². The average molecular weight is 284 g/mol. The lowest BCUT2D eigenvalue weighted by molar-refractivity contribution is -0.384. The summed E-state index contributed by atoms with van der Waals surface area (Å²) in [6.07, 6.45) is 0.0443. The van der Waals surface area contributed by atoms with Crippen LogP contribution >= 0.6 is 11.6 Å². The zero-order chi connectivity index (χ0) is 14.2. The number of nitro groups is 1. The number of likely N-dealkylation sites (tertiary alicyclic amines) is 1. The second kappa shape index (κ2) is 4.85. The van der Waals surface area contributed by atoms with E-state index in [0.717, 1.165) is 4.90 Å². The summed E-state index contributed by atoms with van der Waals surface area (Å²) in [6, 6.07) is 3.20. The summed E-state index contributed by atoms with van der Waals surface area (Å²) in [6.45, 7) is 0. The molecule has 1 aromatic carbocycles. The van der Waals surface area contributed by atoms with Gasteiger partial charge in [-0.25, -0.2) is 0 Å². The van der Waals surface area contributed by atoms with Crippen LogP contribution in [0.3, 0.4) is 0 Å². The van der Waals surface area contributed by atoms with Gasteiger partial charge in [0.2, 0.25) is 5.91 Å². The quantitative estimate of drug-likeness (QED) is 0.514. The number of carbonyl (C=O) groups excluding carboxylic acids is 2. The molecule has 1 aliphatic rings. The summed E-state index contributed by atoms with van der Waals surface area (Å²) in [5.41, 5.74) is 0.246. The highest BCUT2D eigenvalue weighted by Crippen LogP contribution is 2.28. The van der Waals surface area contributed by atoms with Crippen LogP contribution in [0, 0.1) is 10.1 Å². The van der Waals surface area contributed by atoms with Crippen LogP contribution in [0.5, 0.6) is 0 Å². The Hall–Kier alpha value is -2.15. The molecule has 19 heavy (non-hydrogen) atoms. The normalized spacial score (nSPS) is 18.8. The van der Waals surface area contributed by atoms with Gasteiger partial charge in [-0.1, -0.05) is 11.6 Å². The lowest BCUT2D eigenvalue weighted by Crippen LogP contribution is -2.31. The van der Waals surface area contributed by atoms with E-state index in [9.17, 15) is 19.7 Å². The van der Waals surface area contributed by atoms with Crippen LogP contribution < -0.4 is 5.32 Å². The Kier molecular flexibility index (Phi) is 3.39. The molecule has 0 spiro atoms. The number of carbonyl (C=O) groups is 2. The van der Waals surface area contributed by atoms with E-state index in [4.69, 9.17) is 11.6 Å². The first-order valence-electron chi connectivity index (χ1n) is 5.41. The molecule has 1 heterocycles. The molecular weight excluding hydrogens is 274 g/mol. The number of hydrogen-bond donors (Lipinski definition) is 1. The molecule has 1 unspecified atom stereocenters. The zero-order valence-corrected chi connectivity index (χ0v) is 10.7. The van der Waals surface area contributed by atoms with Gasteiger partial charge in [0.05, 0.1) is 22.1 Å². The first-order chi connectivity index (χ1) is 8.90. The molecule has 2 amide bonds. The van der Waals surface area contributed by atoms with Gasteiger partial charge in [0.15, 0.2) is 0 Å². The number of likely N-dealkylation sites (N-methyl/N-ethyl adjacent to an activating group) is 1. The van der Waals surface area contributed by atoms with E-state index >= 15 is 0 Å². The zero-order valence-electron chi connectivity index (χ0n) is 9.92. The number of nitrogens with zero attached hydrogens (tertiary/aromatic N) is 2. The highest BCUT2D eigenvalue weighted by molar-refractivity contribution is 6.33. The van der Waals surface area contributed by atoms with E-state index in [0.29, 0.717) is 5.69 Å². The van der Waals surface area contributed by atoms with Crippen LogP contribution in [0.1, 0.15) is 6.42 Å². The molecule has 1 saturated heterocycles. The fourth-order valence-electron chi connectivity index (χ4n) is 1.79. The predicted octanol–water partition coefficient (Wildman–Crippen LogP) is 1.42. The Morgan fingerprint density at radius 2 is 2.16 bits per heavy atom. The average Bonchev–Trinajstić information content (AvgIpc) is 2.59. The van der Waals surface area contributed by atoms with Crippen molar-refractivity contribution < 1.29 is 14.5 Å². The molecule has 1 atom stereocenters. The van der Waals surface area contributed by atoms with Crippen molar-refractivity contribution in [2.45, 2.75) is 12.5 Å². The Morgan fingerprint density at radius 1 is 1.47 bits per heavy atom. The highest BCUT2D eigenvalue weighted by atomic mass is 35.5. The minimum absolute atomic E-state index is 0.0443. The fraction of sp³-hybridized carbons (Fsp3) is 0.273. The van der Waals surface area contributed by atoms with Crippen molar-refractivity contribution in [2.75, 3.05) is 12.4 Å². The summed E-state index contributed by atoms with van der Waals surface area (Å²) in [7, 11) is 1.41. The lowest BCUT2D eigenvalue weighted by atomic mass is 10.2. The number of anilines is 1. The molecule has 7 nitrogen and oxygen atoms in total. The lowest BCUT2D eigenvalue weighted by Gasteiger charge is -2.13. The molecule has 1 fully saturated rings. The van der Waals surface area contributed by atoms with Gasteiger partial charge in [0.25, 0.3) is 11.6 Å². The van der Waals surface area contributed by atoms with Crippen LogP contribution in [-0.2, 0) is 9.59 Å². The van der Waals surface area contributed by atoms with Gasteiger partial charge < -0.3 is 5.32 Å². The third kappa shape index (κ3) is 2.50. The number of amides is 2. The Balaban J connectivity index is 2.19. The van der Waals surface area contributed by atoms with Gasteiger partial charge in [-0.3, -0.25) is 24.6 Å². The number of non-ortho nitro benzene ring substituents is 1. The van der Waals surface area contributed by atoms with Crippen molar-refractivity contribution >= 4 is 34.8 Å². The third-order valence-electron chi connectivity index (χ3n) is 2.87. The summed E-state index contributed by atoms with van der Waals surface area (Å²) in [4.78, 5) is 34.1. The number of nitro benzene ring substituents is 1. The molecule has 100 valence electrons. The van der Waals surface area contributed by atoms with Crippen molar-refractivity contribution in [3.05, 3.63) is 33.3 Å². The monoisotopic (exact) mass is 283 g/mol. The van der Waals surface area contributed by atoms with Gasteiger partial charge in [0, 0.05) is 19.2 Å². The van der Waals surface area contributed by atoms with Crippen LogP contribution in [0.2, 0.25) is 5.02 Å². The number of benzene rings is 1. The Labute approximate surface area is 113 Å². The largest absolute Gasteiger partial charge is 0.372 e. The summed E-state index contributed by atoms with van der Waals surface area (Å²) < 4.78 is 0. The van der Waals surface area contributed by atoms with E-state index < -0.39 is 11.0 Å². The molecule has 0 aliphatic carbocycles. The van der Waals surface area contributed by atoms with E-state index in [-0.39, 0.29) is 28.9 Å². The molecule has 0 saturated carbocycles. The second-order valence-corrected chi connectivity index (χ2v) is 4.52. The molecule has 8 heteroatoms. The minimum Gasteiger partial charge on any atom is -0.372 e. The minimum atomic E-state index is -0.684. The molecule has 0 aromatic heterocycles. The summed E-state index contributed by atoms with van der Waals surface area (Å²) >= 11 is 5.90. The number of nitrogens with one attached hydrogen (secondary N) is 1. The van der Waals surface area contributed by atoms with E-state index in [1.54, 1.807) is 0 Å². The van der Waals surface area contributed by atoms with Gasteiger partial charge in [-0.2, -0.15) is 0 Å². The van der Waals surface area contributed by atoms with Gasteiger partial charge >= 0.3 is 0 Å². The smallest absolute Gasteiger partial charge is 0.271 e. The molecule has 2 rings (SSSR count). The maximum Gasteiger partial charge on any atom is 0.271 e. The highest BCUT2D eigenvalue weighted by Gasteiger charge is 2.36. The molecule has 0 radical (unpaired) electrons. The molecule has 0 bridgehead atoms. The SMILES string of the molecule is CN1C(=O)CC(Nc2ccc([N+](=O)[O-])cc2Cl)C1=O. The van der Waals surface area contributed by atoms with Gasteiger partial charge in [-0.15, -0.1) is 0 Å². The Morgan fingerprint density at radius 3 is 2.63 bits per heavy atom. The van der Waals surface area contributed by atoms with Crippen molar-refractivity contribution in [3.63, 3.8) is 0 Å². The maximum absolute atomic E-state index is 11.7. The van der Waals surface area contributed by atoms with Crippen LogP contribution in [0.15, 0.2) is 18.2 Å². The maximum atomic E-state index is 11.7. The molecule has 1 aromatic rings. The van der Waals surface area contributed by atoms with E-state index in [2.05, 4.69) is 5.32 Å². The first kappa shape index (κ1) is 13.3. The first-order valence-corrected chi connectivity index (χ1v) is 5.79. The fourth-order valence-corrected chi connectivity index (χ4v) is 2.02. The van der Waals surface area contributed by atoms with E-state index in [1.165, 1.54) is 25.2 Å². The second-order valence-electron chi connectivity index (χ2n) is 4.11. The van der Waals surface area contributed by atoms with Crippen LogP contribution in [0.25, 0.3) is 0 Å². The van der Waals surface area contributed by atoms with Crippen molar-refractivity contribution in [2.24, 2.45) is 0 Å². The Bertz CT molecular complexity index is 575. The summed E-state index contributed by atoms with van der Waals surface area (Å²) in [5, 5.41) is 13.5. The van der Waals surface area contributed by atoms with Gasteiger partial charge in [-0.05, 0) is 6.07 Å². The number of hydrogen-bond acceptors (Lipinski definition) is 5. The summed E-state index contributed by atoms with van der Waals surface area (Å²) in [5.74, 6) is -0.625. The molecule has 1 N–H and O–H groups in total. The standard InChI is InChI=1S/C11H10ClN3O4/c1-14-10(16)5-9(11(14)17)13-8-3-2-6(15(18)19)4-7(8)12/h2-4,9,13H,5H2,1H3. The molecule has 1 aliphatic heterocycles. The van der Waals surface area contributed by atoms with Gasteiger partial charge in [0.1, 0.15) is 6.04 Å². The van der Waals surface area contributed by atoms with Crippen molar-refractivity contribution in [1.82, 2.24) is 4.90 Å². The number of halogens is 1.